The summed E-state index contributed by atoms with van der Waals surface area (Å²) >= 11 is 8.57. The van der Waals surface area contributed by atoms with Crippen molar-refractivity contribution in [1.82, 2.24) is 9.55 Å². The fraction of sp³-hybridized carbons (Fsp3) is 0.133. The summed E-state index contributed by atoms with van der Waals surface area (Å²) in [6.45, 7) is 2.53. The summed E-state index contributed by atoms with van der Waals surface area (Å²) in [6.07, 6.45) is 0. The maximum atomic E-state index is 13.6. The molecule has 1 N–H and O–H groups in total. The number of hydrogen-bond donors (Lipinski definition) is 1. The van der Waals surface area contributed by atoms with E-state index < -0.39 is 0 Å². The lowest BCUT2D eigenvalue weighted by molar-refractivity contribution is 0.340. The minimum atomic E-state index is -0.325. The molecule has 0 atom stereocenters. The van der Waals surface area contributed by atoms with Crippen LogP contribution in [0.3, 0.4) is 0 Å². The molecule has 0 aliphatic heterocycles. The summed E-state index contributed by atoms with van der Waals surface area (Å²) < 4.78 is 21.9. The van der Waals surface area contributed by atoms with E-state index in [1.807, 2.05) is 35.8 Å². The normalized spacial score (nSPS) is 11.0. The van der Waals surface area contributed by atoms with E-state index in [-0.39, 0.29) is 5.82 Å². The third kappa shape index (κ3) is 2.61. The van der Waals surface area contributed by atoms with E-state index in [0.29, 0.717) is 21.4 Å². The highest BCUT2D eigenvalue weighted by atomic mass is 79.9. The minimum Gasteiger partial charge on any atom is -0.494 e. The first-order valence-corrected chi connectivity index (χ1v) is 7.63. The van der Waals surface area contributed by atoms with Gasteiger partial charge in [-0.15, -0.1) is 0 Å². The van der Waals surface area contributed by atoms with Crippen molar-refractivity contribution in [3.8, 4) is 11.4 Å². The number of nitrogens with one attached hydrogen (secondary N) is 1. The summed E-state index contributed by atoms with van der Waals surface area (Å²) in [7, 11) is 0. The van der Waals surface area contributed by atoms with E-state index >= 15 is 0 Å². The summed E-state index contributed by atoms with van der Waals surface area (Å²) in [5.74, 6) is 0.446. The molecule has 1 heterocycles. The summed E-state index contributed by atoms with van der Waals surface area (Å²) in [5, 5.41) is 0. The number of aromatic nitrogens is 2. The summed E-state index contributed by atoms with van der Waals surface area (Å²) in [4.78, 5) is 3.02. The molecule has 0 saturated heterocycles. The van der Waals surface area contributed by atoms with Crippen molar-refractivity contribution in [2.45, 2.75) is 6.92 Å². The Kier molecular flexibility index (Phi) is 3.82. The molecule has 6 heteroatoms. The molecular weight excluding hydrogens is 355 g/mol. The van der Waals surface area contributed by atoms with Crippen LogP contribution in [0.5, 0.6) is 5.75 Å². The Bertz CT molecular complexity index is 872. The van der Waals surface area contributed by atoms with Crippen LogP contribution in [-0.4, -0.2) is 16.2 Å². The molecule has 3 rings (SSSR count). The van der Waals surface area contributed by atoms with Gasteiger partial charge in [0.15, 0.2) is 4.77 Å². The van der Waals surface area contributed by atoms with Crippen molar-refractivity contribution in [3.05, 3.63) is 51.5 Å². The smallest absolute Gasteiger partial charge is 0.182 e. The second kappa shape index (κ2) is 5.61. The van der Waals surface area contributed by atoms with Gasteiger partial charge >= 0.3 is 0 Å². The zero-order valence-electron chi connectivity index (χ0n) is 11.2. The maximum absolute atomic E-state index is 13.6. The Morgan fingerprint density at radius 2 is 2.14 bits per heavy atom. The van der Waals surface area contributed by atoms with E-state index in [0.717, 1.165) is 17.0 Å². The van der Waals surface area contributed by atoms with Gasteiger partial charge < -0.3 is 9.72 Å². The number of H-pyrrole nitrogens is 1. The fourth-order valence-electron chi connectivity index (χ4n) is 2.24. The number of nitrogens with zero attached hydrogens (tertiary/aromatic N) is 1. The molecular formula is C15H12BrFN2OS. The van der Waals surface area contributed by atoms with Crippen LogP contribution < -0.4 is 4.74 Å². The Hall–Kier alpha value is -1.66. The Morgan fingerprint density at radius 3 is 2.90 bits per heavy atom. The number of hydrogen-bond acceptors (Lipinski definition) is 2. The highest BCUT2D eigenvalue weighted by Gasteiger charge is 2.10. The van der Waals surface area contributed by atoms with Crippen molar-refractivity contribution in [2.24, 2.45) is 0 Å². The SMILES string of the molecule is CCOc1cccc(-n2c(=S)[nH]c3cc(F)c(Br)cc32)c1. The average Bonchev–Trinajstić information content (AvgIpc) is 2.75. The number of aromatic amines is 1. The molecule has 0 spiro atoms. The van der Waals surface area contributed by atoms with Crippen molar-refractivity contribution in [1.29, 1.82) is 0 Å². The lowest BCUT2D eigenvalue weighted by atomic mass is 10.2. The van der Waals surface area contributed by atoms with Gasteiger partial charge in [-0.2, -0.15) is 0 Å². The van der Waals surface area contributed by atoms with Gasteiger partial charge in [0.25, 0.3) is 0 Å². The third-order valence-corrected chi connectivity index (χ3v) is 4.00. The third-order valence-electron chi connectivity index (χ3n) is 3.11. The van der Waals surface area contributed by atoms with Crippen LogP contribution in [0.1, 0.15) is 6.92 Å². The van der Waals surface area contributed by atoms with Crippen LogP contribution in [0.25, 0.3) is 16.7 Å². The van der Waals surface area contributed by atoms with Crippen LogP contribution in [0.2, 0.25) is 0 Å². The van der Waals surface area contributed by atoms with E-state index in [2.05, 4.69) is 20.9 Å². The van der Waals surface area contributed by atoms with E-state index in [1.54, 1.807) is 6.07 Å². The summed E-state index contributed by atoms with van der Waals surface area (Å²) in [5.41, 5.74) is 2.33. The van der Waals surface area contributed by atoms with Crippen LogP contribution in [0.4, 0.5) is 4.39 Å². The molecule has 0 unspecified atom stereocenters. The fourth-order valence-corrected chi connectivity index (χ4v) is 2.88. The molecule has 1 aromatic heterocycles. The zero-order valence-corrected chi connectivity index (χ0v) is 13.6. The van der Waals surface area contributed by atoms with E-state index in [4.69, 9.17) is 17.0 Å². The number of ether oxygens (including phenoxy) is 1. The molecule has 3 aromatic rings. The monoisotopic (exact) mass is 366 g/mol. The van der Waals surface area contributed by atoms with Crippen LogP contribution in [0.15, 0.2) is 40.9 Å². The molecule has 0 saturated carbocycles. The Balaban J connectivity index is 2.24. The van der Waals surface area contributed by atoms with Gasteiger partial charge in [-0.25, -0.2) is 4.39 Å². The second-order valence-corrected chi connectivity index (χ2v) is 5.72. The molecule has 0 bridgehead atoms. The zero-order chi connectivity index (χ0) is 15.0. The molecule has 3 nitrogen and oxygen atoms in total. The molecule has 0 fully saturated rings. The van der Waals surface area contributed by atoms with Crippen molar-refractivity contribution in [2.75, 3.05) is 6.61 Å². The van der Waals surface area contributed by atoms with Gasteiger partial charge in [-0.3, -0.25) is 4.57 Å². The van der Waals surface area contributed by atoms with Gasteiger partial charge in [-0.1, -0.05) is 6.07 Å². The highest BCUT2D eigenvalue weighted by molar-refractivity contribution is 9.10. The van der Waals surface area contributed by atoms with Crippen LogP contribution >= 0.6 is 28.1 Å². The predicted molar refractivity (Wildman–Crippen MR) is 87.3 cm³/mol. The molecule has 0 radical (unpaired) electrons. The topological polar surface area (TPSA) is 29.9 Å². The van der Waals surface area contributed by atoms with Crippen LogP contribution in [-0.2, 0) is 0 Å². The summed E-state index contributed by atoms with van der Waals surface area (Å²) in [6, 6.07) is 10.8. The molecule has 0 aliphatic carbocycles. The van der Waals surface area contributed by atoms with Gasteiger partial charge in [-0.05, 0) is 53.3 Å². The number of halogens is 2. The predicted octanol–water partition coefficient (Wildman–Crippen LogP) is 4.99. The molecule has 21 heavy (non-hydrogen) atoms. The standard InChI is InChI=1S/C15H12BrFN2OS/c1-2-20-10-5-3-4-9(6-10)19-14-7-11(16)12(17)8-13(14)18-15(19)21/h3-8H,2H2,1H3,(H,18,21). The van der Waals surface area contributed by atoms with Gasteiger partial charge in [0.1, 0.15) is 11.6 Å². The quantitative estimate of drug-likeness (QED) is 0.661. The van der Waals surface area contributed by atoms with Gasteiger partial charge in [0.05, 0.1) is 27.8 Å². The van der Waals surface area contributed by atoms with Gasteiger partial charge in [0, 0.05) is 12.1 Å². The molecule has 0 amide bonds. The number of fused-ring (bicyclic) bond motifs is 1. The lowest BCUT2D eigenvalue weighted by Gasteiger charge is -2.08. The average molecular weight is 367 g/mol. The number of imidazole rings is 1. The van der Waals surface area contributed by atoms with Crippen molar-refractivity contribution < 1.29 is 9.13 Å². The highest BCUT2D eigenvalue weighted by Crippen LogP contribution is 2.27. The van der Waals surface area contributed by atoms with Gasteiger partial charge in [0.2, 0.25) is 0 Å². The molecule has 0 aliphatic rings. The number of benzene rings is 2. The number of rotatable bonds is 3. The van der Waals surface area contributed by atoms with E-state index in [1.165, 1.54) is 6.07 Å². The Labute approximate surface area is 134 Å². The second-order valence-electron chi connectivity index (χ2n) is 4.48. The first-order chi connectivity index (χ1) is 10.1. The first-order valence-electron chi connectivity index (χ1n) is 6.43. The van der Waals surface area contributed by atoms with Crippen molar-refractivity contribution >= 4 is 39.2 Å². The first kappa shape index (κ1) is 14.3. The van der Waals surface area contributed by atoms with Crippen molar-refractivity contribution in [3.63, 3.8) is 0 Å². The largest absolute Gasteiger partial charge is 0.494 e. The minimum absolute atomic E-state index is 0.325. The lowest BCUT2D eigenvalue weighted by Crippen LogP contribution is -1.96. The van der Waals surface area contributed by atoms with E-state index in [9.17, 15) is 4.39 Å². The van der Waals surface area contributed by atoms with Crippen LogP contribution in [0, 0.1) is 10.6 Å². The molecule has 108 valence electrons. The molecule has 2 aromatic carbocycles. The maximum Gasteiger partial charge on any atom is 0.182 e. The Morgan fingerprint density at radius 1 is 1.33 bits per heavy atom.